The number of hydrogen-bond acceptors (Lipinski definition) is 5. The van der Waals surface area contributed by atoms with Gasteiger partial charge in [-0.2, -0.15) is 0 Å². The number of carbonyl (C=O) groups excluding carboxylic acids is 1. The summed E-state index contributed by atoms with van der Waals surface area (Å²) in [7, 11) is 0. The molecule has 2 aromatic rings. The van der Waals surface area contributed by atoms with Crippen molar-refractivity contribution in [3.8, 4) is 5.69 Å². The van der Waals surface area contributed by atoms with E-state index < -0.39 is 0 Å². The average Bonchev–Trinajstić information content (AvgIpc) is 3.00. The molecule has 1 amide bonds. The summed E-state index contributed by atoms with van der Waals surface area (Å²) in [4.78, 5) is 18.6. The molecule has 2 aromatic heterocycles. The van der Waals surface area contributed by atoms with E-state index >= 15 is 0 Å². The summed E-state index contributed by atoms with van der Waals surface area (Å²) in [5, 5.41) is 11.1. The van der Waals surface area contributed by atoms with E-state index in [-0.39, 0.29) is 11.4 Å². The molecule has 3 heterocycles. The fraction of sp³-hybridized carbons (Fsp3) is 0.429. The smallest absolute Gasteiger partial charge is 0.255 e. The minimum absolute atomic E-state index is 0.000889. The van der Waals surface area contributed by atoms with Gasteiger partial charge in [-0.1, -0.05) is 5.21 Å². The van der Waals surface area contributed by atoms with Gasteiger partial charge in [-0.15, -0.1) is 5.10 Å². The molecule has 7 heteroatoms. The van der Waals surface area contributed by atoms with Crippen molar-refractivity contribution in [2.24, 2.45) is 0 Å². The van der Waals surface area contributed by atoms with Crippen LogP contribution in [0.5, 0.6) is 0 Å². The predicted molar refractivity (Wildman–Crippen MR) is 77.1 cm³/mol. The number of aromatic nitrogens is 4. The number of piperazine rings is 1. The normalized spacial score (nSPS) is 17.7. The molecule has 1 fully saturated rings. The van der Waals surface area contributed by atoms with Gasteiger partial charge in [-0.05, 0) is 19.9 Å². The van der Waals surface area contributed by atoms with Gasteiger partial charge in [0.2, 0.25) is 0 Å². The Balaban J connectivity index is 1.83. The minimum atomic E-state index is -0.0646. The van der Waals surface area contributed by atoms with E-state index in [0.717, 1.165) is 12.2 Å². The maximum atomic E-state index is 12.6. The Bertz CT molecular complexity index is 637. The van der Waals surface area contributed by atoms with E-state index in [2.05, 4.69) is 34.5 Å². The average molecular weight is 286 g/mol. The summed E-state index contributed by atoms with van der Waals surface area (Å²) in [6.45, 7) is 6.37. The molecule has 7 nitrogen and oxygen atoms in total. The quantitative estimate of drug-likeness (QED) is 0.869. The molecule has 0 bridgehead atoms. The van der Waals surface area contributed by atoms with Crippen LogP contribution in [0.25, 0.3) is 5.69 Å². The summed E-state index contributed by atoms with van der Waals surface area (Å²) in [6, 6.07) is 1.79. The van der Waals surface area contributed by atoms with Crippen LogP contribution in [0.1, 0.15) is 24.2 Å². The Labute approximate surface area is 123 Å². The molecule has 1 aliphatic heterocycles. The molecular weight excluding hydrogens is 268 g/mol. The zero-order chi connectivity index (χ0) is 14.9. The molecule has 0 atom stereocenters. The Morgan fingerprint density at radius 2 is 2.24 bits per heavy atom. The second kappa shape index (κ2) is 5.25. The second-order valence-electron chi connectivity index (χ2n) is 5.82. The monoisotopic (exact) mass is 286 g/mol. The Hall–Kier alpha value is -2.28. The van der Waals surface area contributed by atoms with Gasteiger partial charge in [0.05, 0.1) is 29.8 Å². The van der Waals surface area contributed by atoms with Crippen molar-refractivity contribution in [2.75, 3.05) is 19.6 Å². The highest BCUT2D eigenvalue weighted by molar-refractivity contribution is 5.94. The van der Waals surface area contributed by atoms with E-state index in [1.54, 1.807) is 35.5 Å². The van der Waals surface area contributed by atoms with Crippen molar-refractivity contribution in [3.05, 3.63) is 36.4 Å². The summed E-state index contributed by atoms with van der Waals surface area (Å²) in [5.41, 5.74) is 1.23. The van der Waals surface area contributed by atoms with Crippen LogP contribution >= 0.6 is 0 Å². The first-order chi connectivity index (χ1) is 10.1. The van der Waals surface area contributed by atoms with Gasteiger partial charge in [0.25, 0.3) is 5.91 Å². The Morgan fingerprint density at radius 1 is 1.38 bits per heavy atom. The van der Waals surface area contributed by atoms with Gasteiger partial charge in [-0.25, -0.2) is 4.68 Å². The topological polar surface area (TPSA) is 75.9 Å². The van der Waals surface area contributed by atoms with Crippen molar-refractivity contribution in [1.29, 1.82) is 0 Å². The number of carbonyl (C=O) groups is 1. The lowest BCUT2D eigenvalue weighted by Gasteiger charge is -2.39. The van der Waals surface area contributed by atoms with Crippen molar-refractivity contribution >= 4 is 5.91 Å². The fourth-order valence-corrected chi connectivity index (χ4v) is 2.51. The third-order valence-corrected chi connectivity index (χ3v) is 3.52. The highest BCUT2D eigenvalue weighted by Gasteiger charge is 2.29. The van der Waals surface area contributed by atoms with E-state index in [4.69, 9.17) is 0 Å². The molecule has 0 aliphatic carbocycles. The van der Waals surface area contributed by atoms with Crippen LogP contribution in [0.3, 0.4) is 0 Å². The van der Waals surface area contributed by atoms with Crippen LogP contribution in [-0.4, -0.2) is 56.0 Å². The van der Waals surface area contributed by atoms with Crippen LogP contribution in [0.2, 0.25) is 0 Å². The zero-order valence-corrected chi connectivity index (χ0v) is 12.2. The van der Waals surface area contributed by atoms with E-state index in [0.29, 0.717) is 18.7 Å². The minimum Gasteiger partial charge on any atom is -0.335 e. The largest absolute Gasteiger partial charge is 0.335 e. The summed E-state index contributed by atoms with van der Waals surface area (Å²) in [6.07, 6.45) is 6.57. The summed E-state index contributed by atoms with van der Waals surface area (Å²) >= 11 is 0. The molecule has 0 unspecified atom stereocenters. The van der Waals surface area contributed by atoms with Crippen LogP contribution < -0.4 is 5.32 Å². The van der Waals surface area contributed by atoms with Crippen molar-refractivity contribution < 1.29 is 4.79 Å². The number of nitrogens with one attached hydrogen (secondary N) is 1. The predicted octanol–water partition coefficient (Wildman–Crippen LogP) is 0.486. The van der Waals surface area contributed by atoms with E-state index in [9.17, 15) is 4.79 Å². The van der Waals surface area contributed by atoms with Gasteiger partial charge < -0.3 is 10.2 Å². The van der Waals surface area contributed by atoms with Gasteiger partial charge in [-0.3, -0.25) is 9.78 Å². The van der Waals surface area contributed by atoms with Crippen LogP contribution in [0.4, 0.5) is 0 Å². The first kappa shape index (κ1) is 13.7. The molecule has 1 N–H and O–H groups in total. The first-order valence-electron chi connectivity index (χ1n) is 6.91. The third kappa shape index (κ3) is 2.92. The summed E-state index contributed by atoms with van der Waals surface area (Å²) < 4.78 is 1.59. The second-order valence-corrected chi connectivity index (χ2v) is 5.82. The van der Waals surface area contributed by atoms with Crippen LogP contribution in [0.15, 0.2) is 30.9 Å². The zero-order valence-electron chi connectivity index (χ0n) is 12.2. The molecule has 0 aromatic carbocycles. The molecule has 1 aliphatic rings. The third-order valence-electron chi connectivity index (χ3n) is 3.52. The lowest BCUT2D eigenvalue weighted by Crippen LogP contribution is -2.58. The number of hydrogen-bond donors (Lipinski definition) is 1. The number of amides is 1. The number of rotatable bonds is 2. The number of pyridine rings is 1. The molecule has 0 spiro atoms. The van der Waals surface area contributed by atoms with Gasteiger partial charge >= 0.3 is 0 Å². The fourth-order valence-electron chi connectivity index (χ4n) is 2.51. The molecule has 0 radical (unpaired) electrons. The Morgan fingerprint density at radius 3 is 2.95 bits per heavy atom. The number of nitrogens with zero attached hydrogens (tertiary/aromatic N) is 5. The van der Waals surface area contributed by atoms with E-state index in [1.807, 2.05) is 4.90 Å². The van der Waals surface area contributed by atoms with Gasteiger partial charge in [0, 0.05) is 31.4 Å². The van der Waals surface area contributed by atoms with E-state index in [1.165, 1.54) is 0 Å². The standard InChI is InChI=1S/C14H18N6O/c1-14(2)10-19(5-3-16-14)13(21)11-7-12(9-15-8-11)20-6-4-17-18-20/h4,6-9,16H,3,5,10H2,1-2H3. The SMILES string of the molecule is CC1(C)CN(C(=O)c2cncc(-n3ccnn3)c2)CCN1. The molecule has 1 saturated heterocycles. The van der Waals surface area contributed by atoms with Gasteiger partial charge in [0.1, 0.15) is 0 Å². The summed E-state index contributed by atoms with van der Waals surface area (Å²) in [5.74, 6) is -0.000889. The highest BCUT2D eigenvalue weighted by Crippen LogP contribution is 2.15. The highest BCUT2D eigenvalue weighted by atomic mass is 16.2. The van der Waals surface area contributed by atoms with Crippen molar-refractivity contribution in [2.45, 2.75) is 19.4 Å². The van der Waals surface area contributed by atoms with Crippen LogP contribution in [0, 0.1) is 0 Å². The van der Waals surface area contributed by atoms with Crippen molar-refractivity contribution in [1.82, 2.24) is 30.2 Å². The molecular formula is C14H18N6O. The molecule has 21 heavy (non-hydrogen) atoms. The lowest BCUT2D eigenvalue weighted by atomic mass is 10.0. The maximum absolute atomic E-state index is 12.6. The maximum Gasteiger partial charge on any atom is 0.255 e. The first-order valence-corrected chi connectivity index (χ1v) is 6.91. The Kier molecular flexibility index (Phi) is 3.42. The lowest BCUT2D eigenvalue weighted by molar-refractivity contribution is 0.0651. The van der Waals surface area contributed by atoms with Gasteiger partial charge in [0.15, 0.2) is 0 Å². The molecule has 3 rings (SSSR count). The molecule has 110 valence electrons. The van der Waals surface area contributed by atoms with Crippen LogP contribution in [-0.2, 0) is 0 Å². The molecule has 0 saturated carbocycles. The van der Waals surface area contributed by atoms with Crippen molar-refractivity contribution in [3.63, 3.8) is 0 Å².